The van der Waals surface area contributed by atoms with E-state index >= 15 is 0 Å². The van der Waals surface area contributed by atoms with Crippen LogP contribution in [-0.2, 0) is 9.59 Å². The van der Waals surface area contributed by atoms with Crippen LogP contribution < -0.4 is 15.5 Å². The van der Waals surface area contributed by atoms with Crippen molar-refractivity contribution < 1.29 is 18.9 Å². The van der Waals surface area contributed by atoms with E-state index in [1.54, 1.807) is 7.05 Å². The predicted octanol–water partition coefficient (Wildman–Crippen LogP) is 1.88. The van der Waals surface area contributed by atoms with Crippen molar-refractivity contribution in [1.29, 1.82) is 0 Å². The first-order valence-electron chi connectivity index (χ1n) is 7.76. The zero-order chi connectivity index (χ0) is 18.4. The number of quaternary nitrogens is 1. The summed E-state index contributed by atoms with van der Waals surface area (Å²) in [5.41, 5.74) is 1.83. The van der Waals surface area contributed by atoms with Crippen molar-refractivity contribution in [2.75, 3.05) is 30.8 Å². The molecular weight excluding hydrogens is 345 g/mol. The zero-order valence-electron chi connectivity index (χ0n) is 14.0. The number of benzene rings is 2. The van der Waals surface area contributed by atoms with Crippen LogP contribution in [0, 0.1) is 12.7 Å². The molecule has 1 unspecified atom stereocenters. The van der Waals surface area contributed by atoms with Gasteiger partial charge in [0.05, 0.1) is 12.7 Å². The number of halogens is 2. The van der Waals surface area contributed by atoms with Gasteiger partial charge >= 0.3 is 0 Å². The van der Waals surface area contributed by atoms with Crippen LogP contribution in [0.5, 0.6) is 0 Å². The van der Waals surface area contributed by atoms with Gasteiger partial charge in [-0.05, 0) is 37.3 Å². The van der Waals surface area contributed by atoms with E-state index in [-0.39, 0.29) is 24.7 Å². The molecular formula is C18H20ClFN3O2+. The van der Waals surface area contributed by atoms with Gasteiger partial charge < -0.3 is 15.5 Å². The van der Waals surface area contributed by atoms with Crippen LogP contribution in [0.3, 0.4) is 0 Å². The monoisotopic (exact) mass is 364 g/mol. The lowest BCUT2D eigenvalue weighted by atomic mass is 10.2. The number of hydrogen-bond acceptors (Lipinski definition) is 2. The second-order valence-electron chi connectivity index (χ2n) is 5.90. The van der Waals surface area contributed by atoms with Crippen molar-refractivity contribution in [3.63, 3.8) is 0 Å². The molecule has 3 N–H and O–H groups in total. The highest BCUT2D eigenvalue weighted by Crippen LogP contribution is 2.19. The normalized spacial score (nSPS) is 11.7. The first kappa shape index (κ1) is 18.9. The van der Waals surface area contributed by atoms with Crippen LogP contribution in [0.2, 0.25) is 5.02 Å². The summed E-state index contributed by atoms with van der Waals surface area (Å²) in [6.07, 6.45) is 0. The molecule has 0 aliphatic heterocycles. The maximum Gasteiger partial charge on any atom is 0.279 e. The second-order valence-corrected chi connectivity index (χ2v) is 6.33. The van der Waals surface area contributed by atoms with E-state index in [1.807, 2.05) is 31.2 Å². The van der Waals surface area contributed by atoms with Gasteiger partial charge in [0.1, 0.15) is 5.82 Å². The standard InChI is InChI=1S/C18H19ClFN3O2/c1-12-3-6-14(7-4-12)21-17(24)10-23(2)11-18(25)22-16-9-13(19)5-8-15(16)20/h3-9H,10-11H2,1-2H3,(H,21,24)(H,22,25)/p+1. The van der Waals surface area contributed by atoms with Gasteiger partial charge in [-0.15, -0.1) is 0 Å². The van der Waals surface area contributed by atoms with Crippen molar-refractivity contribution in [2.45, 2.75) is 6.92 Å². The van der Waals surface area contributed by atoms with Gasteiger partial charge in [0, 0.05) is 10.7 Å². The molecule has 0 radical (unpaired) electrons. The lowest BCUT2D eigenvalue weighted by molar-refractivity contribution is -0.862. The molecule has 132 valence electrons. The number of carbonyl (C=O) groups excluding carboxylic acids is 2. The smallest absolute Gasteiger partial charge is 0.279 e. The van der Waals surface area contributed by atoms with Crippen molar-refractivity contribution in [1.82, 2.24) is 0 Å². The van der Waals surface area contributed by atoms with E-state index in [9.17, 15) is 14.0 Å². The fraction of sp³-hybridized carbons (Fsp3) is 0.222. The van der Waals surface area contributed by atoms with Crippen molar-refractivity contribution in [2.24, 2.45) is 0 Å². The topological polar surface area (TPSA) is 62.6 Å². The average molecular weight is 365 g/mol. The van der Waals surface area contributed by atoms with Crippen LogP contribution in [0.15, 0.2) is 42.5 Å². The molecule has 5 nitrogen and oxygen atoms in total. The minimum Gasteiger partial charge on any atom is -0.322 e. The lowest BCUT2D eigenvalue weighted by Crippen LogP contribution is -3.11. The fourth-order valence-electron chi connectivity index (χ4n) is 2.24. The lowest BCUT2D eigenvalue weighted by Gasteiger charge is -2.14. The Kier molecular flexibility index (Phi) is 6.50. The van der Waals surface area contributed by atoms with Crippen molar-refractivity contribution in [3.05, 3.63) is 58.9 Å². The molecule has 2 aromatic carbocycles. The highest BCUT2D eigenvalue weighted by Gasteiger charge is 2.16. The van der Waals surface area contributed by atoms with E-state index in [0.29, 0.717) is 15.6 Å². The molecule has 0 bridgehead atoms. The summed E-state index contributed by atoms with van der Waals surface area (Å²) < 4.78 is 13.6. The quantitative estimate of drug-likeness (QED) is 0.733. The molecule has 0 aliphatic carbocycles. The van der Waals surface area contributed by atoms with Gasteiger partial charge in [0.2, 0.25) is 0 Å². The average Bonchev–Trinajstić information content (AvgIpc) is 2.52. The highest BCUT2D eigenvalue weighted by atomic mass is 35.5. The molecule has 25 heavy (non-hydrogen) atoms. The third kappa shape index (κ3) is 6.17. The molecule has 0 heterocycles. The Morgan fingerprint density at radius 1 is 1.04 bits per heavy atom. The molecule has 0 fully saturated rings. The summed E-state index contributed by atoms with van der Waals surface area (Å²) in [5.74, 6) is -1.17. The summed E-state index contributed by atoms with van der Waals surface area (Å²) in [5, 5.41) is 5.56. The number of amides is 2. The second kappa shape index (κ2) is 8.60. The number of aryl methyl sites for hydroxylation is 1. The summed E-state index contributed by atoms with van der Waals surface area (Å²) in [7, 11) is 1.71. The maximum atomic E-state index is 13.6. The number of nitrogens with one attached hydrogen (secondary N) is 3. The van der Waals surface area contributed by atoms with Crippen LogP contribution in [0.4, 0.5) is 15.8 Å². The van der Waals surface area contributed by atoms with Crippen molar-refractivity contribution in [3.8, 4) is 0 Å². The first-order chi connectivity index (χ1) is 11.8. The van der Waals surface area contributed by atoms with E-state index in [4.69, 9.17) is 11.6 Å². The van der Waals surface area contributed by atoms with E-state index in [1.165, 1.54) is 18.2 Å². The van der Waals surface area contributed by atoms with Crippen LogP contribution in [-0.4, -0.2) is 32.0 Å². The van der Waals surface area contributed by atoms with E-state index in [2.05, 4.69) is 10.6 Å². The SMILES string of the molecule is Cc1ccc(NC(=O)C[NH+](C)CC(=O)Nc2cc(Cl)ccc2F)cc1. The Bertz CT molecular complexity index is 765. The van der Waals surface area contributed by atoms with Gasteiger partial charge in [0.15, 0.2) is 13.1 Å². The van der Waals surface area contributed by atoms with Gasteiger partial charge in [-0.2, -0.15) is 0 Å². The zero-order valence-corrected chi connectivity index (χ0v) is 14.8. The summed E-state index contributed by atoms with van der Waals surface area (Å²) in [6.45, 7) is 2.09. The van der Waals surface area contributed by atoms with Crippen molar-refractivity contribution >= 4 is 34.8 Å². The third-order valence-electron chi connectivity index (χ3n) is 3.46. The third-order valence-corrected chi connectivity index (χ3v) is 3.70. The summed E-state index contributed by atoms with van der Waals surface area (Å²) in [6, 6.07) is 11.4. The number of rotatable bonds is 6. The number of likely N-dealkylation sites (N-methyl/N-ethyl adjacent to an activating group) is 1. The summed E-state index contributed by atoms with van der Waals surface area (Å²) >= 11 is 5.79. The maximum absolute atomic E-state index is 13.6. The van der Waals surface area contributed by atoms with Gasteiger partial charge in [0.25, 0.3) is 11.8 Å². The minimum atomic E-state index is -0.562. The molecule has 0 aromatic heterocycles. The molecule has 0 saturated carbocycles. The Balaban J connectivity index is 1.83. The minimum absolute atomic E-state index is 0.0211. The first-order valence-corrected chi connectivity index (χ1v) is 8.14. The molecule has 0 aliphatic rings. The molecule has 1 atom stereocenters. The summed E-state index contributed by atoms with van der Waals surface area (Å²) in [4.78, 5) is 24.7. The van der Waals surface area contributed by atoms with Crippen LogP contribution >= 0.6 is 11.6 Å². The number of carbonyl (C=O) groups is 2. The van der Waals surface area contributed by atoms with Crippen LogP contribution in [0.25, 0.3) is 0 Å². The Labute approximate surface area is 150 Å². The molecule has 0 saturated heterocycles. The van der Waals surface area contributed by atoms with Crippen LogP contribution in [0.1, 0.15) is 5.56 Å². The van der Waals surface area contributed by atoms with Gasteiger partial charge in [-0.1, -0.05) is 29.3 Å². The number of hydrogen-bond donors (Lipinski definition) is 3. The molecule has 2 rings (SSSR count). The van der Waals surface area contributed by atoms with Gasteiger partial charge in [-0.3, -0.25) is 9.59 Å². The Hall–Kier alpha value is -2.44. The predicted molar refractivity (Wildman–Crippen MR) is 96.5 cm³/mol. The highest BCUT2D eigenvalue weighted by molar-refractivity contribution is 6.30. The Morgan fingerprint density at radius 3 is 2.28 bits per heavy atom. The largest absolute Gasteiger partial charge is 0.322 e. The molecule has 7 heteroatoms. The van der Waals surface area contributed by atoms with E-state index < -0.39 is 11.7 Å². The Morgan fingerprint density at radius 2 is 1.64 bits per heavy atom. The van der Waals surface area contributed by atoms with E-state index in [0.717, 1.165) is 5.56 Å². The molecule has 2 aromatic rings. The van der Waals surface area contributed by atoms with Gasteiger partial charge in [-0.25, -0.2) is 4.39 Å². The molecule has 2 amide bonds. The fourth-order valence-corrected chi connectivity index (χ4v) is 2.41. The molecule has 0 spiro atoms. The number of anilines is 2.